The minimum absolute atomic E-state index is 0.0211. The van der Waals surface area contributed by atoms with Crippen molar-refractivity contribution in [2.75, 3.05) is 0 Å². The lowest BCUT2D eigenvalue weighted by molar-refractivity contribution is -0.136. The predicted molar refractivity (Wildman–Crippen MR) is 47.4 cm³/mol. The molecule has 0 fully saturated rings. The normalized spacial score (nSPS) is 10.0. The van der Waals surface area contributed by atoms with Gasteiger partial charge in [-0.1, -0.05) is 0 Å². The number of benzene rings is 1. The van der Waals surface area contributed by atoms with E-state index in [2.05, 4.69) is 0 Å². The van der Waals surface area contributed by atoms with Gasteiger partial charge in [0.25, 0.3) is 0 Å². The average Bonchev–Trinajstić information content (AvgIpc) is 2.01. The molecule has 0 aliphatic heterocycles. The van der Waals surface area contributed by atoms with Crippen LogP contribution in [0.2, 0.25) is 0 Å². The molecule has 0 aliphatic rings. The Morgan fingerprint density at radius 1 is 1.14 bits per heavy atom. The summed E-state index contributed by atoms with van der Waals surface area (Å²) in [6.07, 6.45) is -0.167. The van der Waals surface area contributed by atoms with Crippen LogP contribution in [0, 0.1) is 0 Å². The van der Waals surface area contributed by atoms with Gasteiger partial charge >= 0.3 is 5.97 Å². The Hall–Kier alpha value is -1.91. The molecule has 76 valence electrons. The van der Waals surface area contributed by atoms with Gasteiger partial charge in [0.15, 0.2) is 0 Å². The molecule has 1 aromatic carbocycles. The van der Waals surface area contributed by atoms with Crippen LogP contribution in [0.25, 0.3) is 0 Å². The highest BCUT2D eigenvalue weighted by atomic mass is 16.4. The number of hydrogen-bond donors (Lipinski definition) is 4. The Morgan fingerprint density at radius 2 is 1.64 bits per heavy atom. The van der Waals surface area contributed by atoms with Gasteiger partial charge in [-0.3, -0.25) is 4.79 Å². The van der Waals surface area contributed by atoms with E-state index in [0.29, 0.717) is 0 Å². The zero-order valence-corrected chi connectivity index (χ0v) is 7.27. The fraction of sp³-hybridized carbons (Fsp3) is 0.222. The molecular formula is C9H10O5. The van der Waals surface area contributed by atoms with Crippen molar-refractivity contribution in [3.05, 3.63) is 17.7 Å². The third-order valence-electron chi connectivity index (χ3n) is 1.78. The van der Waals surface area contributed by atoms with Gasteiger partial charge in [-0.05, 0) is 6.42 Å². The van der Waals surface area contributed by atoms with E-state index in [1.54, 1.807) is 0 Å². The van der Waals surface area contributed by atoms with Crippen molar-refractivity contribution >= 4 is 5.97 Å². The third-order valence-corrected chi connectivity index (χ3v) is 1.78. The standard InChI is InChI=1S/C9H10O5/c10-5-3-7(11)6(8(12)4-5)1-2-9(13)14/h3-4,10-12H,1-2H2,(H,13,14). The topological polar surface area (TPSA) is 98.0 Å². The second kappa shape index (κ2) is 3.87. The molecule has 5 nitrogen and oxygen atoms in total. The van der Waals surface area contributed by atoms with Crippen LogP contribution in [0.15, 0.2) is 12.1 Å². The molecule has 0 atom stereocenters. The Labute approximate surface area is 79.9 Å². The zero-order valence-electron chi connectivity index (χ0n) is 7.27. The second-order valence-corrected chi connectivity index (χ2v) is 2.86. The summed E-state index contributed by atoms with van der Waals surface area (Å²) in [6, 6.07) is 2.10. The third kappa shape index (κ3) is 2.29. The first-order chi connectivity index (χ1) is 6.50. The van der Waals surface area contributed by atoms with Crippen LogP contribution in [0.5, 0.6) is 17.2 Å². The summed E-state index contributed by atoms with van der Waals surface area (Å²) >= 11 is 0. The van der Waals surface area contributed by atoms with Crippen molar-refractivity contribution in [1.82, 2.24) is 0 Å². The van der Waals surface area contributed by atoms with Crippen molar-refractivity contribution < 1.29 is 25.2 Å². The van der Waals surface area contributed by atoms with Gasteiger partial charge in [-0.2, -0.15) is 0 Å². The first-order valence-electron chi connectivity index (χ1n) is 3.96. The molecule has 0 unspecified atom stereocenters. The quantitative estimate of drug-likeness (QED) is 0.576. The molecule has 0 amide bonds. The summed E-state index contributed by atoms with van der Waals surface area (Å²) in [5, 5.41) is 35.9. The molecule has 0 aromatic heterocycles. The van der Waals surface area contributed by atoms with Gasteiger partial charge in [0, 0.05) is 24.1 Å². The molecule has 4 N–H and O–H groups in total. The van der Waals surface area contributed by atoms with Crippen molar-refractivity contribution in [1.29, 1.82) is 0 Å². The van der Waals surface area contributed by atoms with Crippen LogP contribution in [0.4, 0.5) is 0 Å². The molecule has 0 aliphatic carbocycles. The molecule has 0 saturated heterocycles. The molecule has 1 aromatic rings. The smallest absolute Gasteiger partial charge is 0.303 e. The minimum Gasteiger partial charge on any atom is -0.508 e. The van der Waals surface area contributed by atoms with Crippen molar-refractivity contribution in [2.45, 2.75) is 12.8 Å². The van der Waals surface area contributed by atoms with E-state index >= 15 is 0 Å². The Morgan fingerprint density at radius 3 is 2.07 bits per heavy atom. The van der Waals surface area contributed by atoms with E-state index in [0.717, 1.165) is 12.1 Å². The van der Waals surface area contributed by atoms with Crippen molar-refractivity contribution in [3.8, 4) is 17.2 Å². The number of aliphatic carboxylic acids is 1. The molecular weight excluding hydrogens is 188 g/mol. The lowest BCUT2D eigenvalue weighted by atomic mass is 10.1. The van der Waals surface area contributed by atoms with Crippen molar-refractivity contribution in [2.24, 2.45) is 0 Å². The van der Waals surface area contributed by atoms with Gasteiger partial charge in [0.05, 0.1) is 0 Å². The predicted octanol–water partition coefficient (Wildman–Crippen LogP) is 0.821. The number of carboxylic acid groups (broad SMARTS) is 1. The fourth-order valence-corrected chi connectivity index (χ4v) is 1.12. The van der Waals surface area contributed by atoms with Crippen LogP contribution in [0.3, 0.4) is 0 Å². The highest BCUT2D eigenvalue weighted by Crippen LogP contribution is 2.32. The summed E-state index contributed by atoms with van der Waals surface area (Å²) in [4.78, 5) is 10.2. The SMILES string of the molecule is O=C(O)CCc1c(O)cc(O)cc1O. The van der Waals surface area contributed by atoms with E-state index in [-0.39, 0.29) is 35.7 Å². The zero-order chi connectivity index (χ0) is 10.7. The van der Waals surface area contributed by atoms with Crippen LogP contribution < -0.4 is 0 Å². The lowest BCUT2D eigenvalue weighted by Crippen LogP contribution is -1.97. The van der Waals surface area contributed by atoms with Gasteiger partial charge in [0.2, 0.25) is 0 Å². The number of carboxylic acids is 1. The Balaban J connectivity index is 2.91. The maximum absolute atomic E-state index is 10.2. The van der Waals surface area contributed by atoms with E-state index < -0.39 is 5.97 Å². The first-order valence-corrected chi connectivity index (χ1v) is 3.96. The van der Waals surface area contributed by atoms with E-state index in [9.17, 15) is 15.0 Å². The summed E-state index contributed by atoms with van der Waals surface area (Å²) < 4.78 is 0. The molecule has 14 heavy (non-hydrogen) atoms. The van der Waals surface area contributed by atoms with Gasteiger partial charge < -0.3 is 20.4 Å². The first kappa shape index (κ1) is 10.2. The number of phenols is 3. The summed E-state index contributed by atoms with van der Waals surface area (Å²) in [5.41, 5.74) is 0.130. The molecule has 0 spiro atoms. The van der Waals surface area contributed by atoms with Crippen LogP contribution in [0.1, 0.15) is 12.0 Å². The monoisotopic (exact) mass is 198 g/mol. The largest absolute Gasteiger partial charge is 0.508 e. The molecule has 0 heterocycles. The average molecular weight is 198 g/mol. The van der Waals surface area contributed by atoms with Gasteiger partial charge in [-0.25, -0.2) is 0 Å². The minimum atomic E-state index is -1.02. The van der Waals surface area contributed by atoms with Crippen LogP contribution in [-0.4, -0.2) is 26.4 Å². The lowest BCUT2D eigenvalue weighted by Gasteiger charge is -2.06. The van der Waals surface area contributed by atoms with Crippen LogP contribution >= 0.6 is 0 Å². The Bertz CT molecular complexity index is 335. The number of hydrogen-bond acceptors (Lipinski definition) is 4. The second-order valence-electron chi connectivity index (χ2n) is 2.86. The number of aromatic hydroxyl groups is 3. The van der Waals surface area contributed by atoms with Crippen LogP contribution in [-0.2, 0) is 11.2 Å². The molecule has 0 bridgehead atoms. The molecule has 0 saturated carbocycles. The maximum Gasteiger partial charge on any atom is 0.303 e. The summed E-state index contributed by atoms with van der Waals surface area (Å²) in [7, 11) is 0. The molecule has 5 heteroatoms. The van der Waals surface area contributed by atoms with Gasteiger partial charge in [-0.15, -0.1) is 0 Å². The van der Waals surface area contributed by atoms with Gasteiger partial charge in [0.1, 0.15) is 17.2 Å². The van der Waals surface area contributed by atoms with E-state index in [4.69, 9.17) is 10.2 Å². The summed E-state index contributed by atoms with van der Waals surface area (Å²) in [6.45, 7) is 0. The van der Waals surface area contributed by atoms with Crippen molar-refractivity contribution in [3.63, 3.8) is 0 Å². The molecule has 0 radical (unpaired) electrons. The number of phenolic OH excluding ortho intramolecular Hbond substituents is 3. The maximum atomic E-state index is 10.2. The highest BCUT2D eigenvalue weighted by Gasteiger charge is 2.10. The van der Waals surface area contributed by atoms with E-state index in [1.165, 1.54) is 0 Å². The molecule has 1 rings (SSSR count). The van der Waals surface area contributed by atoms with E-state index in [1.807, 2.05) is 0 Å². The number of rotatable bonds is 3. The number of carbonyl (C=O) groups is 1. The highest BCUT2D eigenvalue weighted by molar-refractivity contribution is 5.67. The Kier molecular flexibility index (Phi) is 2.81. The fourth-order valence-electron chi connectivity index (χ4n) is 1.12. The summed E-state index contributed by atoms with van der Waals surface area (Å²) in [5.74, 6) is -1.89.